The molecule has 2 aromatic heterocycles. The first-order chi connectivity index (χ1) is 33.2. The van der Waals surface area contributed by atoms with Crippen LogP contribution in [-0.4, -0.2) is 4.57 Å². The number of anilines is 3. The van der Waals surface area contributed by atoms with E-state index in [1.807, 2.05) is 12.1 Å². The number of rotatable bonds is 8. The Morgan fingerprint density at radius 1 is 0.328 bits per heavy atom. The molecule has 13 rings (SSSR count). The van der Waals surface area contributed by atoms with Crippen molar-refractivity contribution in [2.24, 2.45) is 0 Å². The Hall–Kier alpha value is -8.92. The molecule has 0 spiro atoms. The quantitative estimate of drug-likeness (QED) is 0.152. The molecule has 0 fully saturated rings. The number of aromatic nitrogens is 1. The maximum absolute atomic E-state index is 6.40. The van der Waals surface area contributed by atoms with Crippen LogP contribution in [0, 0.1) is 0 Å². The Morgan fingerprint density at radius 3 is 1.73 bits per heavy atom. The minimum Gasteiger partial charge on any atom is -0.456 e. The number of hydrogen-bond acceptors (Lipinski definition) is 2. The zero-order valence-electron chi connectivity index (χ0n) is 36.6. The molecule has 3 nitrogen and oxygen atoms in total. The molecule has 2 heterocycles. The van der Waals surface area contributed by atoms with E-state index in [4.69, 9.17) is 4.42 Å². The number of hydrogen-bond donors (Lipinski definition) is 0. The summed E-state index contributed by atoms with van der Waals surface area (Å²) in [6.45, 7) is 0. The van der Waals surface area contributed by atoms with Crippen molar-refractivity contribution in [3.8, 4) is 50.2 Å². The van der Waals surface area contributed by atoms with Crippen LogP contribution in [0.1, 0.15) is 0 Å². The minimum atomic E-state index is 0.881. The summed E-state index contributed by atoms with van der Waals surface area (Å²) in [5.41, 5.74) is 17.7. The van der Waals surface area contributed by atoms with Crippen LogP contribution in [0.15, 0.2) is 259 Å². The summed E-state index contributed by atoms with van der Waals surface area (Å²) in [4.78, 5) is 2.44. The lowest BCUT2D eigenvalue weighted by molar-refractivity contribution is 0.669. The van der Waals surface area contributed by atoms with Crippen molar-refractivity contribution in [1.29, 1.82) is 0 Å². The van der Waals surface area contributed by atoms with Gasteiger partial charge in [0, 0.05) is 49.7 Å². The maximum atomic E-state index is 6.40. The van der Waals surface area contributed by atoms with Crippen LogP contribution in [0.25, 0.3) is 105 Å². The molecule has 0 aliphatic rings. The third-order valence-corrected chi connectivity index (χ3v) is 13.4. The molecule has 13 aromatic rings. The van der Waals surface area contributed by atoms with Gasteiger partial charge in [-0.25, -0.2) is 0 Å². The predicted octanol–water partition coefficient (Wildman–Crippen LogP) is 18.0. The second-order valence-corrected chi connectivity index (χ2v) is 17.2. The first-order valence-electron chi connectivity index (χ1n) is 22.9. The van der Waals surface area contributed by atoms with E-state index in [0.717, 1.165) is 66.9 Å². The molecule has 0 amide bonds. The van der Waals surface area contributed by atoms with Crippen molar-refractivity contribution in [2.45, 2.75) is 0 Å². The van der Waals surface area contributed by atoms with E-state index in [9.17, 15) is 0 Å². The zero-order chi connectivity index (χ0) is 44.3. The van der Waals surface area contributed by atoms with Gasteiger partial charge in [0.1, 0.15) is 11.2 Å². The van der Waals surface area contributed by atoms with Gasteiger partial charge in [-0.1, -0.05) is 188 Å². The van der Waals surface area contributed by atoms with Gasteiger partial charge >= 0.3 is 0 Å². The van der Waals surface area contributed by atoms with E-state index in [0.29, 0.717) is 0 Å². The average Bonchev–Trinajstić information content (AvgIpc) is 3.95. The summed E-state index contributed by atoms with van der Waals surface area (Å²) in [7, 11) is 0. The highest BCUT2D eigenvalue weighted by Gasteiger charge is 2.22. The SMILES string of the molecule is c1ccc(-c2cccc3cccc(-c4ccccc4N(c4cccc(-c5ccc6c(c5)oc5ccccc56)c4)c4cccc(-c5cccc6c7ccccc7n(-c7ccccc7)c56)c4)c23)cc1. The molecule has 67 heavy (non-hydrogen) atoms. The van der Waals surface area contributed by atoms with Gasteiger partial charge in [0.15, 0.2) is 0 Å². The summed E-state index contributed by atoms with van der Waals surface area (Å²) in [5.74, 6) is 0. The minimum absolute atomic E-state index is 0.881. The van der Waals surface area contributed by atoms with Crippen LogP contribution in [0.3, 0.4) is 0 Å². The summed E-state index contributed by atoms with van der Waals surface area (Å²) in [5, 5.41) is 7.14. The van der Waals surface area contributed by atoms with Crippen LogP contribution in [0.2, 0.25) is 0 Å². The molecular formula is C64H42N2O. The van der Waals surface area contributed by atoms with E-state index < -0.39 is 0 Å². The lowest BCUT2D eigenvalue weighted by Crippen LogP contribution is -2.11. The van der Waals surface area contributed by atoms with E-state index in [2.05, 4.69) is 252 Å². The topological polar surface area (TPSA) is 21.3 Å². The molecule has 11 aromatic carbocycles. The van der Waals surface area contributed by atoms with Crippen molar-refractivity contribution in [3.05, 3.63) is 255 Å². The molecule has 0 atom stereocenters. The van der Waals surface area contributed by atoms with Gasteiger partial charge in [0.05, 0.1) is 16.7 Å². The normalized spacial score (nSPS) is 11.6. The molecule has 0 bridgehead atoms. The fourth-order valence-electron chi connectivity index (χ4n) is 10.4. The number of benzene rings is 11. The monoisotopic (exact) mass is 854 g/mol. The van der Waals surface area contributed by atoms with Crippen molar-refractivity contribution in [2.75, 3.05) is 4.90 Å². The Labute approximate surface area is 388 Å². The lowest BCUT2D eigenvalue weighted by Gasteiger charge is -2.29. The fourth-order valence-corrected chi connectivity index (χ4v) is 10.4. The molecule has 0 unspecified atom stereocenters. The summed E-state index contributed by atoms with van der Waals surface area (Å²) in [6.07, 6.45) is 0. The van der Waals surface area contributed by atoms with Crippen LogP contribution >= 0.6 is 0 Å². The molecule has 0 saturated heterocycles. The smallest absolute Gasteiger partial charge is 0.136 e. The standard InChI is InChI=1S/C64H42N2O/c1-3-18-43(19-4-1)51-31-15-20-44-21-16-33-57(63(44)51)53-28-7-10-35-59(53)65(49-26-13-22-45(40-49)46-38-39-56-55-30-9-12-37-61(55)67-62(56)42-46)50-27-14-23-47(41-50)52-32-17-34-58-54-29-8-11-36-60(54)66(64(52)58)48-24-5-2-6-25-48/h1-42H. The van der Waals surface area contributed by atoms with Crippen LogP contribution in [0.4, 0.5) is 17.1 Å². The first-order valence-corrected chi connectivity index (χ1v) is 22.9. The molecule has 0 N–H and O–H groups in total. The predicted molar refractivity (Wildman–Crippen MR) is 282 cm³/mol. The largest absolute Gasteiger partial charge is 0.456 e. The van der Waals surface area contributed by atoms with Crippen LogP contribution < -0.4 is 4.90 Å². The molecule has 0 aliphatic heterocycles. The van der Waals surface area contributed by atoms with Crippen molar-refractivity contribution < 1.29 is 4.42 Å². The van der Waals surface area contributed by atoms with Crippen molar-refractivity contribution >= 4 is 71.6 Å². The Bertz CT molecular complexity index is 3990. The molecule has 0 radical (unpaired) electrons. The molecular weight excluding hydrogens is 813 g/mol. The van der Waals surface area contributed by atoms with E-state index in [1.54, 1.807) is 0 Å². The van der Waals surface area contributed by atoms with Gasteiger partial charge in [-0.05, 0) is 111 Å². The number of furan rings is 1. The maximum Gasteiger partial charge on any atom is 0.136 e. The molecule has 0 saturated carbocycles. The lowest BCUT2D eigenvalue weighted by atomic mass is 9.90. The first kappa shape index (κ1) is 38.5. The van der Waals surface area contributed by atoms with E-state index in [-0.39, 0.29) is 0 Å². The van der Waals surface area contributed by atoms with Gasteiger partial charge in [-0.2, -0.15) is 0 Å². The molecule has 314 valence electrons. The number of nitrogens with zero attached hydrogens (tertiary/aromatic N) is 2. The molecule has 3 heteroatoms. The van der Waals surface area contributed by atoms with Gasteiger partial charge in [0.25, 0.3) is 0 Å². The number of fused-ring (bicyclic) bond motifs is 7. The Balaban J connectivity index is 1.04. The van der Waals surface area contributed by atoms with E-state index >= 15 is 0 Å². The van der Waals surface area contributed by atoms with E-state index in [1.165, 1.54) is 54.8 Å². The third-order valence-electron chi connectivity index (χ3n) is 13.4. The highest BCUT2D eigenvalue weighted by molar-refractivity contribution is 6.14. The second-order valence-electron chi connectivity index (χ2n) is 17.2. The molecule has 0 aliphatic carbocycles. The van der Waals surface area contributed by atoms with Gasteiger partial charge < -0.3 is 13.9 Å². The van der Waals surface area contributed by atoms with Crippen LogP contribution in [-0.2, 0) is 0 Å². The van der Waals surface area contributed by atoms with Gasteiger partial charge in [0.2, 0.25) is 0 Å². The third kappa shape index (κ3) is 6.51. The zero-order valence-corrected chi connectivity index (χ0v) is 36.6. The Morgan fingerprint density at radius 2 is 0.896 bits per heavy atom. The summed E-state index contributed by atoms with van der Waals surface area (Å²) < 4.78 is 8.83. The highest BCUT2D eigenvalue weighted by atomic mass is 16.3. The summed E-state index contributed by atoms with van der Waals surface area (Å²) >= 11 is 0. The van der Waals surface area contributed by atoms with Crippen molar-refractivity contribution in [3.63, 3.8) is 0 Å². The summed E-state index contributed by atoms with van der Waals surface area (Å²) in [6, 6.07) is 92.1. The van der Waals surface area contributed by atoms with Gasteiger partial charge in [-0.15, -0.1) is 0 Å². The average molecular weight is 855 g/mol. The number of para-hydroxylation sites is 5. The van der Waals surface area contributed by atoms with Crippen molar-refractivity contribution in [1.82, 2.24) is 4.57 Å². The highest BCUT2D eigenvalue weighted by Crippen LogP contribution is 2.47. The van der Waals surface area contributed by atoms with Crippen LogP contribution in [0.5, 0.6) is 0 Å². The van der Waals surface area contributed by atoms with Gasteiger partial charge in [-0.3, -0.25) is 0 Å². The second kappa shape index (κ2) is 16.0. The Kier molecular flexibility index (Phi) is 9.17. The fraction of sp³-hybridized carbons (Fsp3) is 0.